The average molecular weight is 407 g/mol. The van der Waals surface area contributed by atoms with Crippen molar-refractivity contribution in [3.05, 3.63) is 59.7 Å². The van der Waals surface area contributed by atoms with Gasteiger partial charge >= 0.3 is 0 Å². The van der Waals surface area contributed by atoms with Gasteiger partial charge in [0.05, 0.1) is 6.10 Å². The largest absolute Gasteiger partial charge is 0.388 e. The van der Waals surface area contributed by atoms with E-state index in [0.29, 0.717) is 12.8 Å². The second-order valence-corrected chi connectivity index (χ2v) is 7.17. The van der Waals surface area contributed by atoms with Gasteiger partial charge in [-0.15, -0.1) is 12.4 Å². The van der Waals surface area contributed by atoms with Gasteiger partial charge in [-0.25, -0.2) is 5.48 Å². The number of aliphatic hydroxyl groups is 1. The molecule has 2 aromatic rings. The van der Waals surface area contributed by atoms with Gasteiger partial charge in [-0.2, -0.15) is 0 Å². The van der Waals surface area contributed by atoms with E-state index in [1.54, 1.807) is 5.48 Å². The number of rotatable bonds is 10. The van der Waals surface area contributed by atoms with Crippen molar-refractivity contribution in [1.82, 2.24) is 10.4 Å². The van der Waals surface area contributed by atoms with Gasteiger partial charge in [0.1, 0.15) is 0 Å². The standard InChI is InChI=1S/C22H30N2O3.ClH/c1-24(2)16-15-17-7-9-18(10-8-17)19-11-13-20(14-12-19)21(25)5-3-4-6-22(26)23-27;/h7-14,21,25,27H,3-6,15-16H2,1-2H3,(H,23,26);1H. The SMILES string of the molecule is CN(C)CCc1ccc(-c2ccc(C(O)CCCCC(=O)NO)cc2)cc1.Cl. The highest BCUT2D eigenvalue weighted by Crippen LogP contribution is 2.25. The number of hydrogen-bond donors (Lipinski definition) is 3. The second kappa shape index (κ2) is 12.5. The third-order valence-electron chi connectivity index (χ3n) is 4.69. The quantitative estimate of drug-likeness (QED) is 0.317. The molecule has 0 saturated heterocycles. The molecule has 0 aliphatic heterocycles. The van der Waals surface area contributed by atoms with Crippen LogP contribution in [0.4, 0.5) is 0 Å². The fourth-order valence-electron chi connectivity index (χ4n) is 2.96. The fraction of sp³-hybridized carbons (Fsp3) is 0.409. The van der Waals surface area contributed by atoms with E-state index in [0.717, 1.165) is 30.5 Å². The van der Waals surface area contributed by atoms with Crippen molar-refractivity contribution in [3.63, 3.8) is 0 Å². The summed E-state index contributed by atoms with van der Waals surface area (Å²) in [5.41, 5.74) is 6.12. The Labute approximate surface area is 173 Å². The van der Waals surface area contributed by atoms with Crippen molar-refractivity contribution in [2.45, 2.75) is 38.2 Å². The van der Waals surface area contributed by atoms with E-state index in [1.807, 2.05) is 24.3 Å². The van der Waals surface area contributed by atoms with Crippen LogP contribution in [0, 0.1) is 0 Å². The molecule has 2 rings (SSSR count). The molecule has 0 spiro atoms. The first-order valence-electron chi connectivity index (χ1n) is 9.44. The molecule has 0 fully saturated rings. The molecule has 154 valence electrons. The minimum absolute atomic E-state index is 0. The van der Waals surface area contributed by atoms with E-state index in [9.17, 15) is 9.90 Å². The van der Waals surface area contributed by atoms with Gasteiger partial charge in [-0.1, -0.05) is 55.0 Å². The molecule has 1 amide bonds. The second-order valence-electron chi connectivity index (χ2n) is 7.17. The van der Waals surface area contributed by atoms with Crippen molar-refractivity contribution >= 4 is 18.3 Å². The maximum absolute atomic E-state index is 11.0. The summed E-state index contributed by atoms with van der Waals surface area (Å²) in [7, 11) is 4.16. The lowest BCUT2D eigenvalue weighted by Crippen LogP contribution is -2.17. The highest BCUT2D eigenvalue weighted by molar-refractivity contribution is 5.85. The lowest BCUT2D eigenvalue weighted by molar-refractivity contribution is -0.129. The Morgan fingerprint density at radius 2 is 1.57 bits per heavy atom. The Kier molecular flexibility index (Phi) is 10.8. The predicted molar refractivity (Wildman–Crippen MR) is 115 cm³/mol. The Morgan fingerprint density at radius 3 is 2.11 bits per heavy atom. The summed E-state index contributed by atoms with van der Waals surface area (Å²) in [6, 6.07) is 16.6. The number of hydrogen-bond acceptors (Lipinski definition) is 4. The third kappa shape index (κ3) is 7.98. The van der Waals surface area contributed by atoms with Crippen LogP contribution in [0.2, 0.25) is 0 Å². The summed E-state index contributed by atoms with van der Waals surface area (Å²) in [4.78, 5) is 13.1. The number of nitrogens with zero attached hydrogens (tertiary/aromatic N) is 1. The van der Waals surface area contributed by atoms with Crippen molar-refractivity contribution in [2.75, 3.05) is 20.6 Å². The zero-order valence-corrected chi connectivity index (χ0v) is 17.4. The Balaban J connectivity index is 0.00000392. The smallest absolute Gasteiger partial charge is 0.243 e. The van der Waals surface area contributed by atoms with Crippen LogP contribution in [0.1, 0.15) is 42.9 Å². The first-order chi connectivity index (χ1) is 13.0. The topological polar surface area (TPSA) is 72.8 Å². The van der Waals surface area contributed by atoms with Gasteiger partial charge in [-0.3, -0.25) is 10.0 Å². The monoisotopic (exact) mass is 406 g/mol. The van der Waals surface area contributed by atoms with Crippen LogP contribution in [-0.2, 0) is 11.2 Å². The molecule has 5 nitrogen and oxygen atoms in total. The third-order valence-corrected chi connectivity index (χ3v) is 4.69. The first kappa shape index (κ1) is 24.1. The number of hydroxylamine groups is 1. The number of likely N-dealkylation sites (N-methyl/N-ethyl adjacent to an activating group) is 1. The van der Waals surface area contributed by atoms with Gasteiger partial charge in [-0.05, 0) is 55.6 Å². The molecule has 2 aromatic carbocycles. The van der Waals surface area contributed by atoms with Crippen molar-refractivity contribution in [3.8, 4) is 11.1 Å². The van der Waals surface area contributed by atoms with E-state index in [1.165, 1.54) is 11.1 Å². The van der Waals surface area contributed by atoms with E-state index in [2.05, 4.69) is 43.3 Å². The normalized spacial score (nSPS) is 11.8. The van der Waals surface area contributed by atoms with Gasteiger partial charge in [0.2, 0.25) is 5.91 Å². The van der Waals surface area contributed by atoms with Crippen molar-refractivity contribution < 1.29 is 15.1 Å². The molecule has 0 aliphatic rings. The molecule has 1 atom stereocenters. The molecule has 6 heteroatoms. The summed E-state index contributed by atoms with van der Waals surface area (Å²) in [5, 5.41) is 18.7. The van der Waals surface area contributed by atoms with Crippen LogP contribution in [0.25, 0.3) is 11.1 Å². The van der Waals surface area contributed by atoms with E-state index < -0.39 is 6.10 Å². The number of nitrogens with one attached hydrogen (secondary N) is 1. The van der Waals surface area contributed by atoms with Gasteiger partial charge in [0.25, 0.3) is 0 Å². The van der Waals surface area contributed by atoms with Crippen LogP contribution >= 0.6 is 12.4 Å². The van der Waals surface area contributed by atoms with Crippen LogP contribution < -0.4 is 5.48 Å². The molecule has 28 heavy (non-hydrogen) atoms. The maximum atomic E-state index is 11.0. The van der Waals surface area contributed by atoms with E-state index in [4.69, 9.17) is 5.21 Å². The Bertz CT molecular complexity index is 703. The summed E-state index contributed by atoms with van der Waals surface area (Å²) >= 11 is 0. The number of aliphatic hydroxyl groups excluding tert-OH is 1. The Hall–Kier alpha value is -1.92. The summed E-state index contributed by atoms with van der Waals surface area (Å²) in [6.45, 7) is 1.04. The summed E-state index contributed by atoms with van der Waals surface area (Å²) in [5.74, 6) is -0.387. The van der Waals surface area contributed by atoms with Crippen LogP contribution in [-0.4, -0.2) is 41.8 Å². The maximum Gasteiger partial charge on any atom is 0.243 e. The number of benzene rings is 2. The average Bonchev–Trinajstić information content (AvgIpc) is 2.69. The molecule has 0 aliphatic carbocycles. The Morgan fingerprint density at radius 1 is 1.00 bits per heavy atom. The molecule has 0 heterocycles. The lowest BCUT2D eigenvalue weighted by atomic mass is 9.98. The minimum atomic E-state index is -0.537. The van der Waals surface area contributed by atoms with E-state index in [-0.39, 0.29) is 24.7 Å². The molecule has 0 saturated carbocycles. The highest BCUT2D eigenvalue weighted by Gasteiger charge is 2.08. The number of carbonyl (C=O) groups is 1. The first-order valence-corrected chi connectivity index (χ1v) is 9.44. The minimum Gasteiger partial charge on any atom is -0.388 e. The summed E-state index contributed by atoms with van der Waals surface area (Å²) < 4.78 is 0. The number of carbonyl (C=O) groups excluding carboxylic acids is 1. The van der Waals surface area contributed by atoms with Gasteiger partial charge in [0, 0.05) is 13.0 Å². The number of unbranched alkanes of at least 4 members (excludes halogenated alkanes) is 1. The summed E-state index contributed by atoms with van der Waals surface area (Å²) in [6.07, 6.45) is 2.74. The van der Waals surface area contributed by atoms with Crippen LogP contribution in [0.5, 0.6) is 0 Å². The van der Waals surface area contributed by atoms with Gasteiger partial charge < -0.3 is 10.0 Å². The fourth-order valence-corrected chi connectivity index (χ4v) is 2.96. The zero-order valence-electron chi connectivity index (χ0n) is 16.6. The molecular formula is C22H31ClN2O3. The van der Waals surface area contributed by atoms with Crippen molar-refractivity contribution in [2.24, 2.45) is 0 Å². The molecule has 0 bridgehead atoms. The highest BCUT2D eigenvalue weighted by atomic mass is 35.5. The molecule has 1 unspecified atom stereocenters. The molecule has 0 aromatic heterocycles. The molecular weight excluding hydrogens is 376 g/mol. The van der Waals surface area contributed by atoms with E-state index >= 15 is 0 Å². The van der Waals surface area contributed by atoms with Crippen LogP contribution in [0.15, 0.2) is 48.5 Å². The number of amides is 1. The van der Waals surface area contributed by atoms with Crippen molar-refractivity contribution in [1.29, 1.82) is 0 Å². The van der Waals surface area contributed by atoms with Crippen LogP contribution in [0.3, 0.4) is 0 Å². The van der Waals surface area contributed by atoms with Gasteiger partial charge in [0.15, 0.2) is 0 Å². The molecule has 3 N–H and O–H groups in total. The lowest BCUT2D eigenvalue weighted by Gasteiger charge is -2.12. The number of halogens is 1. The predicted octanol–water partition coefficient (Wildman–Crippen LogP) is 3.98. The molecule has 0 radical (unpaired) electrons. The zero-order chi connectivity index (χ0) is 19.6.